The van der Waals surface area contributed by atoms with E-state index in [2.05, 4.69) is 0 Å². The van der Waals surface area contributed by atoms with Crippen LogP contribution in [0.1, 0.15) is 22.6 Å². The first-order valence-corrected chi connectivity index (χ1v) is 11.1. The molecule has 3 atom stereocenters. The van der Waals surface area contributed by atoms with Crippen LogP contribution in [0.25, 0.3) is 0 Å². The molecule has 2 heterocycles. The average Bonchev–Trinajstić information content (AvgIpc) is 3.11. The fraction of sp³-hybridized carbons (Fsp3) is 0.222. The minimum Gasteiger partial charge on any atom is -0.457 e. The largest absolute Gasteiger partial charge is 0.457 e. The quantitative estimate of drug-likeness (QED) is 0.582. The van der Waals surface area contributed by atoms with Gasteiger partial charge >= 0.3 is 0 Å². The van der Waals surface area contributed by atoms with Crippen molar-refractivity contribution in [3.05, 3.63) is 119 Å². The van der Waals surface area contributed by atoms with Crippen molar-refractivity contribution in [3.63, 3.8) is 0 Å². The lowest BCUT2D eigenvalue weighted by atomic mass is 9.75. The van der Waals surface area contributed by atoms with Crippen LogP contribution in [0.5, 0.6) is 0 Å². The van der Waals surface area contributed by atoms with E-state index in [9.17, 15) is 9.90 Å². The van der Waals surface area contributed by atoms with Crippen molar-refractivity contribution in [2.45, 2.75) is 30.0 Å². The van der Waals surface area contributed by atoms with Gasteiger partial charge in [0.25, 0.3) is 5.91 Å². The lowest BCUT2D eigenvalue weighted by Gasteiger charge is -2.43. The Morgan fingerprint density at radius 3 is 2.09 bits per heavy atom. The highest BCUT2D eigenvalue weighted by Crippen LogP contribution is 2.51. The lowest BCUT2D eigenvalue weighted by molar-refractivity contribution is -0.142. The van der Waals surface area contributed by atoms with Crippen LogP contribution in [0, 0.1) is 0 Å². The molecule has 0 radical (unpaired) electrons. The van der Waals surface area contributed by atoms with Gasteiger partial charge in [0.2, 0.25) is 6.29 Å². The monoisotopic (exact) mass is 445 g/mol. The molecule has 0 fully saturated rings. The first-order chi connectivity index (χ1) is 15.6. The zero-order chi connectivity index (χ0) is 22.1. The summed E-state index contributed by atoms with van der Waals surface area (Å²) in [6, 6.07) is 29.6. The van der Waals surface area contributed by atoms with Gasteiger partial charge in [-0.2, -0.15) is 0 Å². The van der Waals surface area contributed by atoms with E-state index in [1.54, 1.807) is 4.90 Å². The minimum absolute atomic E-state index is 0.206. The molecule has 162 valence electrons. The van der Waals surface area contributed by atoms with Crippen molar-refractivity contribution in [3.8, 4) is 0 Å². The maximum atomic E-state index is 13.2. The van der Waals surface area contributed by atoms with E-state index in [1.165, 1.54) is 0 Å². The number of ether oxygens (including phenoxy) is 1. The standard InChI is InChI=1S/C27H24ClNO3/c28-27(16-19-10-4-1-5-11-19)23(21-14-8-3-9-15-21)22-18-29(17-20-12-6-2-7-13-20)25(30)24(22)32-26(27)31/h1-15,23,26,31H,16-18H2/t23-,26-,27-/m1/s1. The highest BCUT2D eigenvalue weighted by Gasteiger charge is 2.55. The van der Waals surface area contributed by atoms with E-state index in [4.69, 9.17) is 16.3 Å². The van der Waals surface area contributed by atoms with Crippen LogP contribution in [0.4, 0.5) is 0 Å². The molecular formula is C27H24ClNO3. The summed E-state index contributed by atoms with van der Waals surface area (Å²) in [6.07, 6.45) is -0.922. The number of nitrogens with zero attached hydrogens (tertiary/aromatic N) is 1. The summed E-state index contributed by atoms with van der Waals surface area (Å²) >= 11 is 7.24. The number of benzene rings is 3. The molecule has 2 aliphatic rings. The van der Waals surface area contributed by atoms with Crippen molar-refractivity contribution in [1.29, 1.82) is 0 Å². The number of carbonyl (C=O) groups is 1. The smallest absolute Gasteiger partial charge is 0.289 e. The summed E-state index contributed by atoms with van der Waals surface area (Å²) in [5.41, 5.74) is 3.83. The Balaban J connectivity index is 1.54. The summed E-state index contributed by atoms with van der Waals surface area (Å²) in [4.78, 5) is 13.8. The zero-order valence-corrected chi connectivity index (χ0v) is 18.3. The van der Waals surface area contributed by atoms with Crippen LogP contribution < -0.4 is 0 Å². The molecular weight excluding hydrogens is 422 g/mol. The highest BCUT2D eigenvalue weighted by atomic mass is 35.5. The molecule has 0 saturated heterocycles. The first-order valence-electron chi connectivity index (χ1n) is 10.7. The van der Waals surface area contributed by atoms with E-state index in [1.807, 2.05) is 91.0 Å². The van der Waals surface area contributed by atoms with Gasteiger partial charge in [-0.25, -0.2) is 0 Å². The number of alkyl halides is 1. The number of carbonyl (C=O) groups excluding carboxylic acids is 1. The summed E-state index contributed by atoms with van der Waals surface area (Å²) in [5, 5.41) is 11.1. The molecule has 1 amide bonds. The van der Waals surface area contributed by atoms with Crippen molar-refractivity contribution in [2.24, 2.45) is 0 Å². The summed E-state index contributed by atoms with van der Waals surface area (Å²) in [7, 11) is 0. The Morgan fingerprint density at radius 2 is 1.47 bits per heavy atom. The molecule has 5 heteroatoms. The number of aliphatic hydroxyl groups is 1. The molecule has 32 heavy (non-hydrogen) atoms. The predicted molar refractivity (Wildman–Crippen MR) is 124 cm³/mol. The zero-order valence-electron chi connectivity index (χ0n) is 17.5. The SMILES string of the molecule is O=C1C2=C(CN1Cc1ccccc1)[C@@H](c1ccccc1)[C@](Cl)(Cc1ccccc1)[C@H](O)O2. The van der Waals surface area contributed by atoms with Crippen LogP contribution in [0.15, 0.2) is 102 Å². The summed E-state index contributed by atoms with van der Waals surface area (Å²) in [6.45, 7) is 0.889. The van der Waals surface area contributed by atoms with Gasteiger partial charge in [0, 0.05) is 24.6 Å². The van der Waals surface area contributed by atoms with Crippen molar-refractivity contribution in [2.75, 3.05) is 6.54 Å². The number of rotatable bonds is 5. The molecule has 4 nitrogen and oxygen atoms in total. The molecule has 1 N–H and O–H groups in total. The molecule has 2 aliphatic heterocycles. The van der Waals surface area contributed by atoms with Gasteiger partial charge in [0.15, 0.2) is 5.76 Å². The molecule has 5 rings (SSSR count). The molecule has 0 aliphatic carbocycles. The Labute approximate surface area is 192 Å². The number of hydrogen-bond donors (Lipinski definition) is 1. The van der Waals surface area contributed by atoms with Crippen molar-refractivity contribution >= 4 is 17.5 Å². The highest BCUT2D eigenvalue weighted by molar-refractivity contribution is 6.25. The van der Waals surface area contributed by atoms with E-state index < -0.39 is 11.2 Å². The van der Waals surface area contributed by atoms with E-state index in [0.717, 1.165) is 22.3 Å². The Hall–Kier alpha value is -3.08. The topological polar surface area (TPSA) is 49.8 Å². The Kier molecular flexibility index (Phi) is 5.50. The molecule has 0 saturated carbocycles. The second-order valence-electron chi connectivity index (χ2n) is 8.40. The normalized spacial score (nSPS) is 24.9. The third-order valence-corrected chi connectivity index (χ3v) is 6.81. The van der Waals surface area contributed by atoms with E-state index in [-0.39, 0.29) is 17.6 Å². The van der Waals surface area contributed by atoms with E-state index in [0.29, 0.717) is 19.5 Å². The van der Waals surface area contributed by atoms with Crippen molar-refractivity contribution < 1.29 is 14.6 Å². The van der Waals surface area contributed by atoms with Crippen LogP contribution in [0.2, 0.25) is 0 Å². The van der Waals surface area contributed by atoms with Gasteiger partial charge in [-0.1, -0.05) is 91.0 Å². The van der Waals surface area contributed by atoms with Gasteiger partial charge < -0.3 is 14.7 Å². The number of halogens is 1. The maximum Gasteiger partial charge on any atom is 0.289 e. The van der Waals surface area contributed by atoms with Gasteiger partial charge in [0.1, 0.15) is 4.87 Å². The van der Waals surface area contributed by atoms with Crippen molar-refractivity contribution in [1.82, 2.24) is 4.90 Å². The summed E-state index contributed by atoms with van der Waals surface area (Å²) in [5.74, 6) is -0.345. The fourth-order valence-corrected chi connectivity index (χ4v) is 5.23. The first kappa shape index (κ1) is 20.8. The minimum atomic E-state index is -1.33. The third-order valence-electron chi connectivity index (χ3n) is 6.27. The summed E-state index contributed by atoms with van der Waals surface area (Å²) < 4.78 is 5.84. The molecule has 3 aromatic rings. The number of hydrogen-bond acceptors (Lipinski definition) is 3. The Bertz CT molecular complexity index is 1130. The second kappa shape index (κ2) is 8.45. The molecule has 0 spiro atoms. The van der Waals surface area contributed by atoms with Crippen LogP contribution in [0.3, 0.4) is 0 Å². The number of amides is 1. The predicted octanol–water partition coefficient (Wildman–Crippen LogP) is 4.64. The Morgan fingerprint density at radius 1 is 0.906 bits per heavy atom. The fourth-order valence-electron chi connectivity index (χ4n) is 4.77. The van der Waals surface area contributed by atoms with Crippen LogP contribution >= 0.6 is 11.6 Å². The maximum absolute atomic E-state index is 13.2. The molecule has 3 aromatic carbocycles. The van der Waals surface area contributed by atoms with E-state index >= 15 is 0 Å². The third kappa shape index (κ3) is 3.70. The molecule has 0 aromatic heterocycles. The number of aliphatic hydroxyl groups excluding tert-OH is 1. The van der Waals surface area contributed by atoms with Crippen LogP contribution in [-0.4, -0.2) is 33.6 Å². The van der Waals surface area contributed by atoms with Gasteiger partial charge in [0.05, 0.1) is 0 Å². The van der Waals surface area contributed by atoms with Crippen LogP contribution in [-0.2, 0) is 22.5 Å². The second-order valence-corrected chi connectivity index (χ2v) is 9.11. The molecule has 0 bridgehead atoms. The van der Waals surface area contributed by atoms with Gasteiger partial charge in [-0.05, 0) is 23.1 Å². The van der Waals surface area contributed by atoms with Gasteiger partial charge in [-0.3, -0.25) is 4.79 Å². The van der Waals surface area contributed by atoms with Gasteiger partial charge in [-0.15, -0.1) is 11.6 Å². The average molecular weight is 446 g/mol. The molecule has 0 unspecified atom stereocenters. The lowest BCUT2D eigenvalue weighted by Crippen LogP contribution is -2.50.